The Balaban J connectivity index is 0.532. The number of aromatic nitrogens is 6. The van der Waals surface area contributed by atoms with E-state index in [1.165, 1.54) is 91.7 Å². The number of carbonyl (C=O) groups is 6. The number of benzene rings is 9. The van der Waals surface area contributed by atoms with Crippen LogP contribution in [0.2, 0.25) is 0 Å². The molecule has 0 saturated heterocycles. The number of halogens is 1. The molecule has 0 bridgehead atoms. The highest BCUT2D eigenvalue weighted by Crippen LogP contribution is 2.58. The molecule has 9 aliphatic rings. The van der Waals surface area contributed by atoms with Crippen LogP contribution in [0.15, 0.2) is 221 Å². The molecular formula is C95H59FN15O20S3. The third-order valence-electron chi connectivity index (χ3n) is 24.4. The number of nitrogens with zero attached hydrogens (tertiary/aromatic N) is 8. The van der Waals surface area contributed by atoms with Crippen molar-refractivity contribution in [3.63, 3.8) is 0 Å². The van der Waals surface area contributed by atoms with Crippen LogP contribution in [-0.4, -0.2) is 123 Å². The van der Waals surface area contributed by atoms with Crippen molar-refractivity contribution in [1.29, 1.82) is 0 Å². The van der Waals surface area contributed by atoms with Gasteiger partial charge in [-0.25, -0.2) is 29.1 Å². The Hall–Kier alpha value is -16.8. The third kappa shape index (κ3) is 13.3. The summed E-state index contributed by atoms with van der Waals surface area (Å²) < 4.78 is 63.8. The lowest BCUT2D eigenvalue weighted by molar-refractivity contribution is -0.384. The monoisotopic (exact) mass is 1840 g/mol. The standard InChI is InChI=1S/C95H59FN15O20S3/c1-108-86-47(40-7-12-64-53(19-40)97-33-71(127-64)44-23-59-92(100-31-44)133-38-77(117)103-59)18-43(24-70(86)131-95(108)122)87-91(120)105-54-25-45(10-13-65(54)128-87)110-78(118)36-126-66-14-11-52(104-89(66)110)74-34-98-56-20-39(8-16-73(56)134-74)46-5-3-17-109-88(46)107-85(80(93(109)121)42-9-15-72-57(21-42)102-76(116)37-132-72)94-129-68-28-48(60(111(123)124)30-69(68)130-94)49-27-62(113)84-83(81(49)50-26-55-67(29-51(50)96)125-35-75(115)101-55)82(63(114)32-99-84)58-22-41-4-2-6-61(112)79(41)90(119)106-58/h2-31,71,74,82,87,94,97-98,112-113H,33-38H2,1H3,(H,101,115)(H,102,116)(H,103,117)(H,105,120)(H,106,119). The molecule has 134 heavy (non-hydrogen) atoms. The van der Waals surface area contributed by atoms with Crippen LogP contribution in [0.25, 0.3) is 83.2 Å². The average molecular weight is 1850 g/mol. The Labute approximate surface area is 762 Å². The van der Waals surface area contributed by atoms with E-state index in [-0.39, 0.29) is 154 Å². The Morgan fingerprint density at radius 2 is 1.36 bits per heavy atom. The molecule has 5 amide bonds. The normalized spacial score (nSPS) is 18.1. The zero-order valence-corrected chi connectivity index (χ0v) is 71.3. The van der Waals surface area contributed by atoms with Crippen molar-refractivity contribution in [1.82, 2.24) is 28.9 Å². The SMILES string of the molecule is Cn1c(=O)oc2cc(C3Oc4ccc(N5C(=O)COc6ccc(C7CNc8cc(-c9cccn%10c(=O)c(-c%11ccc%12c(c%11)NC(=O)CS%12)c(C%11Oc%12cc(-c%13cc(O)c%14c(c%13-c%13cc%15c(cc%13F)OCC(=O)N%15)C(c%13cc%15cccc(O)c%15c(=O)[nH]%13)C(=O)[C]=N%14)c([N+](=O)[O-])cc%12O%11)nc9%10)ccc8S7)nc65)cc4NC3=O)cc(-c3ccc4c(c3)NCC(c3cnc5c(c3)NC(=O)CS5)O4)c21. The van der Waals surface area contributed by atoms with E-state index < -0.39 is 99.1 Å². The number of phenols is 2. The number of anilines is 8. The molecule has 39 heteroatoms. The summed E-state index contributed by atoms with van der Waals surface area (Å²) in [6, 6.07) is 44.5. The molecule has 5 unspecified atom stereocenters. The molecule has 24 rings (SSSR count). The number of nitro benzene ring substituents is 1. The highest BCUT2D eigenvalue weighted by atomic mass is 32.2. The number of ketones is 1. The number of nitro groups is 1. The third-order valence-corrected chi connectivity index (χ3v) is 27.8. The first-order chi connectivity index (χ1) is 65.0. The quantitative estimate of drug-likeness (QED) is 0.0405. The second-order valence-corrected chi connectivity index (χ2v) is 35.7. The zero-order valence-electron chi connectivity index (χ0n) is 68.9. The van der Waals surface area contributed by atoms with Gasteiger partial charge in [0.2, 0.25) is 17.9 Å². The fourth-order valence-electron chi connectivity index (χ4n) is 18.3. The molecule has 9 aromatic carbocycles. The van der Waals surface area contributed by atoms with E-state index in [9.17, 15) is 58.7 Å². The van der Waals surface area contributed by atoms with Crippen molar-refractivity contribution >= 4 is 161 Å². The summed E-state index contributed by atoms with van der Waals surface area (Å²) in [5.41, 5.74) is 3.50. The van der Waals surface area contributed by atoms with Crippen LogP contribution >= 0.6 is 35.3 Å². The van der Waals surface area contributed by atoms with Gasteiger partial charge in [-0.05, 0) is 155 Å². The van der Waals surface area contributed by atoms with E-state index in [1.54, 1.807) is 80.0 Å². The maximum atomic E-state index is 17.4. The van der Waals surface area contributed by atoms with Gasteiger partial charge in [0, 0.05) is 92.2 Å². The van der Waals surface area contributed by atoms with E-state index in [2.05, 4.69) is 53.1 Å². The first-order valence-electron chi connectivity index (χ1n) is 41.5. The Kier molecular flexibility index (Phi) is 18.4. The minimum atomic E-state index is -1.70. The number of nitrogens with one attached hydrogen (secondary N) is 7. The fraction of sp³-hybridized carbons (Fsp3) is 0.126. The molecule has 0 spiro atoms. The molecule has 0 aliphatic carbocycles. The Bertz CT molecular complexity index is 8180. The van der Waals surface area contributed by atoms with Crippen molar-refractivity contribution in [2.75, 3.05) is 74.6 Å². The molecule has 0 saturated carbocycles. The van der Waals surface area contributed by atoms with Crippen LogP contribution in [0.3, 0.4) is 0 Å². The summed E-state index contributed by atoms with van der Waals surface area (Å²) in [5, 5.41) is 55.7. The molecule has 1 radical (unpaired) electrons. The first-order valence-corrected chi connectivity index (χ1v) is 44.4. The minimum Gasteiger partial charge on any atom is -0.507 e. The molecule has 9 aliphatic heterocycles. The van der Waals surface area contributed by atoms with Gasteiger partial charge in [-0.15, -0.1) is 23.5 Å². The van der Waals surface area contributed by atoms with Gasteiger partial charge in [-0.2, -0.15) is 0 Å². The number of oxazole rings is 1. The molecule has 5 atom stereocenters. The number of fused-ring (bicyclic) bond motifs is 12. The van der Waals surface area contributed by atoms with E-state index in [4.69, 9.17) is 42.8 Å². The number of amides is 5. The number of thioether (sulfide) groups is 3. The number of hydrogen-bond acceptors (Lipinski definition) is 29. The molecule has 659 valence electrons. The van der Waals surface area contributed by atoms with Crippen molar-refractivity contribution in [2.24, 2.45) is 12.0 Å². The smallest absolute Gasteiger partial charge is 0.419 e. The molecular weight excluding hydrogens is 1790 g/mol. The van der Waals surface area contributed by atoms with Gasteiger partial charge in [0.25, 0.3) is 40.8 Å². The summed E-state index contributed by atoms with van der Waals surface area (Å²) in [5.74, 6) is -6.10. The van der Waals surface area contributed by atoms with E-state index in [0.717, 1.165) is 33.7 Å². The van der Waals surface area contributed by atoms with Crippen molar-refractivity contribution in [2.45, 2.75) is 44.5 Å². The number of hydrogen-bond donors (Lipinski definition) is 9. The van der Waals surface area contributed by atoms with Crippen molar-refractivity contribution < 1.29 is 81.1 Å². The lowest BCUT2D eigenvalue weighted by atomic mass is 9.78. The highest BCUT2D eigenvalue weighted by Gasteiger charge is 2.43. The number of aromatic amines is 1. The topological polar surface area (TPSA) is 457 Å². The second-order valence-electron chi connectivity index (χ2n) is 32.5. The van der Waals surface area contributed by atoms with E-state index in [1.807, 2.05) is 48.5 Å². The largest absolute Gasteiger partial charge is 0.507 e. The summed E-state index contributed by atoms with van der Waals surface area (Å²) in [7, 11) is 1.59. The lowest BCUT2D eigenvalue weighted by Crippen LogP contribution is -2.36. The van der Waals surface area contributed by atoms with Crippen LogP contribution in [0.5, 0.6) is 46.0 Å². The number of Topliss-reactive ketones (excluding diaryl/α,β-unsaturated/α-hetero) is 1. The number of aliphatic imine (C=N–C) groups is 1. The minimum absolute atomic E-state index is 0.0414. The number of carbonyl (C=O) groups excluding carboxylic acids is 6. The first kappa shape index (κ1) is 80.5. The predicted octanol–water partition coefficient (Wildman–Crippen LogP) is 14.7. The number of aromatic hydroxyl groups is 2. The van der Waals surface area contributed by atoms with Gasteiger partial charge in [0.05, 0.1) is 102 Å². The van der Waals surface area contributed by atoms with Crippen molar-refractivity contribution in [3.8, 4) is 102 Å². The maximum absolute atomic E-state index is 17.4. The summed E-state index contributed by atoms with van der Waals surface area (Å²) in [6.45, 7) is -0.107. The number of phenolic OH excluding ortho intramolecular Hbond substituents is 2. The number of ether oxygens (including phenoxy) is 6. The number of aryl methyl sites for hydroxylation is 1. The van der Waals surface area contributed by atoms with Gasteiger partial charge in [0.15, 0.2) is 47.6 Å². The Morgan fingerprint density at radius 3 is 2.22 bits per heavy atom. The lowest BCUT2D eigenvalue weighted by Gasteiger charge is -2.32. The van der Waals surface area contributed by atoms with Gasteiger partial charge in [0.1, 0.15) is 68.9 Å². The van der Waals surface area contributed by atoms with Gasteiger partial charge < -0.3 is 79.9 Å². The van der Waals surface area contributed by atoms with Gasteiger partial charge in [-0.1, -0.05) is 42.1 Å². The predicted molar refractivity (Wildman–Crippen MR) is 490 cm³/mol. The zero-order chi connectivity index (χ0) is 91.2. The molecule has 15 aromatic rings. The molecule has 0 fully saturated rings. The fourth-order valence-corrected chi connectivity index (χ4v) is 21.0. The second kappa shape index (κ2) is 30.7. The Morgan fingerprint density at radius 1 is 0.604 bits per heavy atom. The van der Waals surface area contributed by atoms with E-state index >= 15 is 9.18 Å². The number of rotatable bonds is 12. The summed E-state index contributed by atoms with van der Waals surface area (Å²) in [4.78, 5) is 162. The molecule has 6 aromatic heterocycles. The maximum Gasteiger partial charge on any atom is 0.419 e. The van der Waals surface area contributed by atoms with Gasteiger partial charge >= 0.3 is 5.76 Å². The van der Waals surface area contributed by atoms with Gasteiger partial charge in [-0.3, -0.25) is 62.3 Å². The molecule has 35 nitrogen and oxygen atoms in total. The number of H-pyrrole nitrogens is 1. The summed E-state index contributed by atoms with van der Waals surface area (Å²) in [6.07, 6.45) is 2.28. The van der Waals surface area contributed by atoms with Crippen LogP contribution in [0.4, 0.5) is 61.4 Å². The average Bonchev–Trinajstić information content (AvgIpc) is 1.21. The molecule has 9 N–H and O–H groups in total. The van der Waals surface area contributed by atoms with Crippen LogP contribution in [0, 0.1) is 15.9 Å². The number of pyridine rings is 4. The summed E-state index contributed by atoms with van der Waals surface area (Å²) >= 11 is 4.15. The van der Waals surface area contributed by atoms with Crippen molar-refractivity contribution in [3.05, 3.63) is 263 Å². The van der Waals surface area contributed by atoms with Crippen LogP contribution < -0.4 is 82.1 Å². The highest BCUT2D eigenvalue weighted by molar-refractivity contribution is 8.00. The molecule has 15 heterocycles. The van der Waals surface area contributed by atoms with Crippen LogP contribution in [0.1, 0.15) is 63.4 Å². The van der Waals surface area contributed by atoms with E-state index in [0.29, 0.717) is 96.9 Å². The van der Waals surface area contributed by atoms with Crippen LogP contribution in [-0.2, 0) is 35.8 Å².